The number of ether oxygens (including phenoxy) is 1. The van der Waals surface area contributed by atoms with Crippen molar-refractivity contribution in [3.63, 3.8) is 0 Å². The van der Waals surface area contributed by atoms with Crippen LogP contribution in [0.15, 0.2) is 22.7 Å². The second-order valence-electron chi connectivity index (χ2n) is 2.86. The molecule has 0 saturated carbocycles. The molecule has 0 saturated heterocycles. The van der Waals surface area contributed by atoms with E-state index in [0.29, 0.717) is 18.6 Å². The van der Waals surface area contributed by atoms with E-state index in [1.165, 1.54) is 0 Å². The summed E-state index contributed by atoms with van der Waals surface area (Å²) in [5.41, 5.74) is 0.946. The maximum atomic E-state index is 8.51. The van der Waals surface area contributed by atoms with Crippen molar-refractivity contribution >= 4 is 15.9 Å². The number of nitriles is 2. The molecule has 0 aromatic heterocycles. The molecule has 1 aromatic carbocycles. The Morgan fingerprint density at radius 1 is 1.27 bits per heavy atom. The predicted octanol–water partition coefficient (Wildman–Crippen LogP) is 2.81. The first-order valence-electron chi connectivity index (χ1n) is 4.43. The van der Waals surface area contributed by atoms with Crippen molar-refractivity contribution in [3.8, 4) is 17.9 Å². The minimum atomic E-state index is 0.0290. The molecule has 76 valence electrons. The fourth-order valence-electron chi connectivity index (χ4n) is 1.18. The van der Waals surface area contributed by atoms with Gasteiger partial charge in [0.25, 0.3) is 0 Å². The van der Waals surface area contributed by atoms with Gasteiger partial charge in [-0.3, -0.25) is 0 Å². The molecule has 0 aliphatic rings. The van der Waals surface area contributed by atoms with E-state index in [9.17, 15) is 0 Å². The minimum absolute atomic E-state index is 0.0290. The average molecular weight is 265 g/mol. The van der Waals surface area contributed by atoms with Gasteiger partial charge in [-0.15, -0.1) is 0 Å². The molecule has 15 heavy (non-hydrogen) atoms. The minimum Gasteiger partial charge on any atom is -0.478 e. The zero-order valence-electron chi connectivity index (χ0n) is 8.03. The van der Waals surface area contributed by atoms with Crippen LogP contribution in [0.4, 0.5) is 0 Å². The van der Waals surface area contributed by atoms with Gasteiger partial charge in [-0.2, -0.15) is 10.5 Å². The summed E-state index contributed by atoms with van der Waals surface area (Å²) in [4.78, 5) is 0. The molecule has 0 atom stereocenters. The van der Waals surface area contributed by atoms with E-state index in [-0.39, 0.29) is 6.61 Å². The summed E-state index contributed by atoms with van der Waals surface area (Å²) in [6, 6.07) is 9.55. The maximum Gasteiger partial charge on any atom is 0.174 e. The van der Waals surface area contributed by atoms with Crippen LogP contribution < -0.4 is 4.74 Å². The largest absolute Gasteiger partial charge is 0.478 e. The molecule has 0 N–H and O–H groups in total. The highest BCUT2D eigenvalue weighted by atomic mass is 79.9. The molecule has 0 aliphatic heterocycles. The first-order valence-corrected chi connectivity index (χ1v) is 5.22. The molecule has 0 radical (unpaired) electrons. The molecule has 0 amide bonds. The Labute approximate surface area is 97.0 Å². The lowest BCUT2D eigenvalue weighted by Crippen LogP contribution is -1.97. The summed E-state index contributed by atoms with van der Waals surface area (Å²) in [6.07, 6.45) is 1.08. The van der Waals surface area contributed by atoms with Crippen LogP contribution in [-0.4, -0.2) is 6.61 Å². The molecular weight excluding hydrogens is 256 g/mol. The van der Waals surface area contributed by atoms with Crippen molar-refractivity contribution in [1.82, 2.24) is 0 Å². The van der Waals surface area contributed by atoms with Crippen molar-refractivity contribution in [3.05, 3.63) is 28.2 Å². The summed E-state index contributed by atoms with van der Waals surface area (Å²) in [5.74, 6) is 0.676. The zero-order chi connectivity index (χ0) is 11.1. The SMILES string of the molecule is N#CCCc1cc(Br)ccc1OCC#N. The lowest BCUT2D eigenvalue weighted by atomic mass is 10.1. The number of halogens is 1. The van der Waals surface area contributed by atoms with Gasteiger partial charge in [0.05, 0.1) is 6.07 Å². The molecule has 0 aliphatic carbocycles. The third-order valence-electron chi connectivity index (χ3n) is 1.82. The van der Waals surface area contributed by atoms with E-state index in [2.05, 4.69) is 22.0 Å². The first kappa shape index (κ1) is 11.6. The van der Waals surface area contributed by atoms with Gasteiger partial charge in [0.2, 0.25) is 0 Å². The maximum absolute atomic E-state index is 8.51. The van der Waals surface area contributed by atoms with Gasteiger partial charge in [-0.05, 0) is 30.2 Å². The van der Waals surface area contributed by atoms with Crippen LogP contribution >= 0.6 is 15.9 Å². The Morgan fingerprint density at radius 2 is 2.07 bits per heavy atom. The standard InChI is InChI=1S/C11H9BrN2O/c12-10-3-4-11(15-7-6-14)9(8-10)2-1-5-13/h3-4,8H,1-2,7H2. The van der Waals surface area contributed by atoms with E-state index >= 15 is 0 Å². The van der Waals surface area contributed by atoms with Crippen LogP contribution in [0.5, 0.6) is 5.75 Å². The van der Waals surface area contributed by atoms with Gasteiger partial charge in [0.15, 0.2) is 6.61 Å². The predicted molar refractivity (Wildman–Crippen MR) is 59.2 cm³/mol. The number of benzene rings is 1. The molecule has 1 rings (SSSR count). The van der Waals surface area contributed by atoms with E-state index in [4.69, 9.17) is 15.3 Å². The Bertz CT molecular complexity index is 418. The summed E-state index contributed by atoms with van der Waals surface area (Å²) in [7, 11) is 0. The fraction of sp³-hybridized carbons (Fsp3) is 0.273. The fourth-order valence-corrected chi connectivity index (χ4v) is 1.59. The third kappa shape index (κ3) is 3.61. The molecule has 0 spiro atoms. The number of hydrogen-bond donors (Lipinski definition) is 0. The normalized spacial score (nSPS) is 9.00. The van der Waals surface area contributed by atoms with E-state index in [1.54, 1.807) is 6.07 Å². The van der Waals surface area contributed by atoms with Gasteiger partial charge >= 0.3 is 0 Å². The van der Waals surface area contributed by atoms with Crippen molar-refractivity contribution in [2.45, 2.75) is 12.8 Å². The van der Waals surface area contributed by atoms with Crippen molar-refractivity contribution in [1.29, 1.82) is 10.5 Å². The molecule has 0 unspecified atom stereocenters. The molecule has 4 heteroatoms. The smallest absolute Gasteiger partial charge is 0.174 e. The summed E-state index contributed by atoms with van der Waals surface area (Å²) in [5, 5.41) is 16.9. The average Bonchev–Trinajstić information content (AvgIpc) is 2.25. The second kappa shape index (κ2) is 6.06. The van der Waals surface area contributed by atoms with Crippen LogP contribution in [0.3, 0.4) is 0 Å². The number of rotatable bonds is 4. The number of hydrogen-bond acceptors (Lipinski definition) is 3. The van der Waals surface area contributed by atoms with Gasteiger partial charge < -0.3 is 4.74 Å². The molecule has 0 bridgehead atoms. The highest BCUT2D eigenvalue weighted by Crippen LogP contribution is 2.24. The quantitative estimate of drug-likeness (QED) is 0.841. The highest BCUT2D eigenvalue weighted by molar-refractivity contribution is 9.10. The van der Waals surface area contributed by atoms with Crippen molar-refractivity contribution in [2.24, 2.45) is 0 Å². The van der Waals surface area contributed by atoms with Crippen LogP contribution in [0, 0.1) is 22.7 Å². The van der Waals surface area contributed by atoms with Gasteiger partial charge in [0, 0.05) is 10.9 Å². The summed E-state index contributed by atoms with van der Waals surface area (Å²) >= 11 is 3.35. The van der Waals surface area contributed by atoms with E-state index < -0.39 is 0 Å². The molecule has 0 fully saturated rings. The second-order valence-corrected chi connectivity index (χ2v) is 3.77. The first-order chi connectivity index (χ1) is 7.27. The topological polar surface area (TPSA) is 56.8 Å². The highest BCUT2D eigenvalue weighted by Gasteiger charge is 2.04. The Hall–Kier alpha value is -1.52. The molecule has 3 nitrogen and oxygen atoms in total. The zero-order valence-corrected chi connectivity index (χ0v) is 9.62. The molecule has 0 heterocycles. The Balaban J connectivity index is 2.84. The Kier molecular flexibility index (Phi) is 4.66. The van der Waals surface area contributed by atoms with Crippen molar-refractivity contribution in [2.75, 3.05) is 6.61 Å². The van der Waals surface area contributed by atoms with Crippen LogP contribution in [0.2, 0.25) is 0 Å². The van der Waals surface area contributed by atoms with Crippen LogP contribution in [0.25, 0.3) is 0 Å². The summed E-state index contributed by atoms with van der Waals surface area (Å²) in [6.45, 7) is 0.0290. The van der Waals surface area contributed by atoms with Gasteiger partial charge in [0.1, 0.15) is 11.8 Å². The third-order valence-corrected chi connectivity index (χ3v) is 2.31. The van der Waals surface area contributed by atoms with Crippen LogP contribution in [0.1, 0.15) is 12.0 Å². The van der Waals surface area contributed by atoms with Gasteiger partial charge in [-0.25, -0.2) is 0 Å². The Morgan fingerprint density at radius 3 is 2.73 bits per heavy atom. The monoisotopic (exact) mass is 264 g/mol. The van der Waals surface area contributed by atoms with Crippen molar-refractivity contribution < 1.29 is 4.74 Å². The lowest BCUT2D eigenvalue weighted by Gasteiger charge is -2.08. The van der Waals surface area contributed by atoms with E-state index in [1.807, 2.05) is 18.2 Å². The van der Waals surface area contributed by atoms with Gasteiger partial charge in [-0.1, -0.05) is 15.9 Å². The lowest BCUT2D eigenvalue weighted by molar-refractivity contribution is 0.364. The molecule has 1 aromatic rings. The molecular formula is C11H9BrN2O. The number of nitrogens with zero attached hydrogens (tertiary/aromatic N) is 2. The number of aryl methyl sites for hydroxylation is 1. The summed E-state index contributed by atoms with van der Waals surface area (Å²) < 4.78 is 6.19. The van der Waals surface area contributed by atoms with E-state index in [0.717, 1.165) is 10.0 Å². The van der Waals surface area contributed by atoms with Crippen LogP contribution in [-0.2, 0) is 6.42 Å².